The van der Waals surface area contributed by atoms with E-state index < -0.39 is 5.97 Å². The van der Waals surface area contributed by atoms with Gasteiger partial charge in [0.1, 0.15) is 0 Å². The molecule has 0 unspecified atom stereocenters. The van der Waals surface area contributed by atoms with Crippen LogP contribution in [0.25, 0.3) is 0 Å². The number of hydrogen-bond donors (Lipinski definition) is 2. The fourth-order valence-corrected chi connectivity index (χ4v) is 2.06. The molecule has 0 aromatic heterocycles. The molecule has 1 fully saturated rings. The lowest BCUT2D eigenvalue weighted by molar-refractivity contribution is -0.138. The molecule has 5 nitrogen and oxygen atoms in total. The maximum Gasteiger partial charge on any atom is 0.305 e. The standard InChI is InChI=1S/C12H23NO4/c14-9-2-1-6-13-7-3-11(4-8-13)17-10-5-12(15)16/h11,14H,1-10H2,(H,15,16). The summed E-state index contributed by atoms with van der Waals surface area (Å²) < 4.78 is 5.52. The minimum Gasteiger partial charge on any atom is -0.481 e. The van der Waals surface area contributed by atoms with Crippen molar-refractivity contribution in [1.82, 2.24) is 4.90 Å². The first-order valence-electron chi connectivity index (χ1n) is 6.39. The van der Waals surface area contributed by atoms with E-state index in [1.807, 2.05) is 0 Å². The van der Waals surface area contributed by atoms with Crippen LogP contribution >= 0.6 is 0 Å². The number of likely N-dealkylation sites (tertiary alicyclic amines) is 1. The Morgan fingerprint density at radius 1 is 1.29 bits per heavy atom. The minimum atomic E-state index is -0.800. The summed E-state index contributed by atoms with van der Waals surface area (Å²) in [5, 5.41) is 17.2. The number of hydrogen-bond acceptors (Lipinski definition) is 4. The van der Waals surface area contributed by atoms with Crippen LogP contribution in [0.1, 0.15) is 32.1 Å². The highest BCUT2D eigenvalue weighted by Crippen LogP contribution is 2.14. The van der Waals surface area contributed by atoms with Crippen molar-refractivity contribution >= 4 is 5.97 Å². The number of nitrogens with zero attached hydrogens (tertiary/aromatic N) is 1. The zero-order chi connectivity index (χ0) is 12.5. The Labute approximate surface area is 102 Å². The summed E-state index contributed by atoms with van der Waals surface area (Å²) in [6.45, 7) is 3.67. The van der Waals surface area contributed by atoms with Crippen LogP contribution in [0.3, 0.4) is 0 Å². The smallest absolute Gasteiger partial charge is 0.305 e. The molecule has 0 bridgehead atoms. The quantitative estimate of drug-likeness (QED) is 0.616. The molecule has 5 heteroatoms. The van der Waals surface area contributed by atoms with Crippen molar-refractivity contribution in [3.05, 3.63) is 0 Å². The van der Waals surface area contributed by atoms with Gasteiger partial charge in [0.05, 0.1) is 19.1 Å². The molecule has 1 heterocycles. The van der Waals surface area contributed by atoms with E-state index in [-0.39, 0.29) is 19.1 Å². The van der Waals surface area contributed by atoms with E-state index in [0.29, 0.717) is 6.61 Å². The van der Waals surface area contributed by atoms with Crippen molar-refractivity contribution in [1.29, 1.82) is 0 Å². The van der Waals surface area contributed by atoms with Crippen molar-refractivity contribution in [2.45, 2.75) is 38.2 Å². The minimum absolute atomic E-state index is 0.0940. The SMILES string of the molecule is O=C(O)CCOC1CCN(CCCCO)CC1. The summed E-state index contributed by atoms with van der Waals surface area (Å²) in [6, 6.07) is 0. The monoisotopic (exact) mass is 245 g/mol. The van der Waals surface area contributed by atoms with Gasteiger partial charge in [-0.3, -0.25) is 4.79 Å². The Morgan fingerprint density at radius 3 is 2.59 bits per heavy atom. The Hall–Kier alpha value is -0.650. The first-order valence-corrected chi connectivity index (χ1v) is 6.39. The highest BCUT2D eigenvalue weighted by Gasteiger charge is 2.19. The molecule has 1 aliphatic rings. The van der Waals surface area contributed by atoms with E-state index in [1.165, 1.54) is 0 Å². The second-order valence-corrected chi connectivity index (χ2v) is 4.49. The average molecular weight is 245 g/mol. The second kappa shape index (κ2) is 8.44. The van der Waals surface area contributed by atoms with E-state index in [9.17, 15) is 4.79 Å². The third-order valence-corrected chi connectivity index (χ3v) is 3.09. The zero-order valence-electron chi connectivity index (χ0n) is 10.3. The largest absolute Gasteiger partial charge is 0.481 e. The summed E-state index contributed by atoms with van der Waals surface area (Å²) >= 11 is 0. The van der Waals surface area contributed by atoms with E-state index in [0.717, 1.165) is 45.3 Å². The number of carbonyl (C=O) groups is 1. The molecule has 1 aliphatic heterocycles. The molecule has 0 aromatic carbocycles. The Bertz CT molecular complexity index is 215. The molecule has 0 saturated carbocycles. The van der Waals surface area contributed by atoms with Crippen LogP contribution in [-0.2, 0) is 9.53 Å². The number of aliphatic carboxylic acids is 1. The van der Waals surface area contributed by atoms with Gasteiger partial charge in [0.2, 0.25) is 0 Å². The summed E-state index contributed by atoms with van der Waals surface area (Å²) in [6.07, 6.45) is 4.20. The second-order valence-electron chi connectivity index (χ2n) is 4.49. The number of aliphatic hydroxyl groups excluding tert-OH is 1. The van der Waals surface area contributed by atoms with Gasteiger partial charge in [-0.25, -0.2) is 0 Å². The van der Waals surface area contributed by atoms with Crippen LogP contribution in [-0.4, -0.2) is 60.0 Å². The first-order chi connectivity index (χ1) is 8.22. The number of rotatable bonds is 8. The fourth-order valence-electron chi connectivity index (χ4n) is 2.06. The van der Waals surface area contributed by atoms with Gasteiger partial charge in [-0.15, -0.1) is 0 Å². The highest BCUT2D eigenvalue weighted by atomic mass is 16.5. The number of carboxylic acids is 1. The Morgan fingerprint density at radius 2 is 2.00 bits per heavy atom. The van der Waals surface area contributed by atoms with Crippen LogP contribution in [0.15, 0.2) is 0 Å². The molecule has 1 rings (SSSR count). The molecule has 0 amide bonds. The molecule has 0 aromatic rings. The summed E-state index contributed by atoms with van der Waals surface area (Å²) in [7, 11) is 0. The third kappa shape index (κ3) is 6.61. The van der Waals surface area contributed by atoms with E-state index in [4.69, 9.17) is 14.9 Å². The average Bonchev–Trinajstić information content (AvgIpc) is 2.31. The molecular weight excluding hydrogens is 222 g/mol. The molecule has 0 radical (unpaired) electrons. The molecular formula is C12H23NO4. The molecule has 1 saturated heterocycles. The predicted molar refractivity (Wildman–Crippen MR) is 64.0 cm³/mol. The van der Waals surface area contributed by atoms with E-state index in [1.54, 1.807) is 0 Å². The number of unbranched alkanes of at least 4 members (excludes halogenated alkanes) is 1. The van der Waals surface area contributed by atoms with Crippen LogP contribution < -0.4 is 0 Å². The van der Waals surface area contributed by atoms with Crippen molar-refractivity contribution in [2.24, 2.45) is 0 Å². The third-order valence-electron chi connectivity index (χ3n) is 3.09. The molecule has 0 spiro atoms. The van der Waals surface area contributed by atoms with Crippen molar-refractivity contribution in [3.63, 3.8) is 0 Å². The molecule has 17 heavy (non-hydrogen) atoms. The predicted octanol–water partition coefficient (Wildman–Crippen LogP) is 0.715. The van der Waals surface area contributed by atoms with Crippen LogP contribution in [0.4, 0.5) is 0 Å². The summed E-state index contributed by atoms with van der Waals surface area (Å²) in [5.41, 5.74) is 0. The number of carboxylic acid groups (broad SMARTS) is 1. The van der Waals surface area contributed by atoms with Gasteiger partial charge in [0, 0.05) is 19.7 Å². The number of piperidine rings is 1. The highest BCUT2D eigenvalue weighted by molar-refractivity contribution is 5.66. The molecule has 2 N–H and O–H groups in total. The topological polar surface area (TPSA) is 70.0 Å². The number of aliphatic hydroxyl groups is 1. The maximum atomic E-state index is 10.3. The molecule has 0 atom stereocenters. The lowest BCUT2D eigenvalue weighted by atomic mass is 10.1. The van der Waals surface area contributed by atoms with Gasteiger partial charge >= 0.3 is 5.97 Å². The van der Waals surface area contributed by atoms with Crippen molar-refractivity contribution in [3.8, 4) is 0 Å². The fraction of sp³-hybridized carbons (Fsp3) is 0.917. The molecule has 100 valence electrons. The van der Waals surface area contributed by atoms with Gasteiger partial charge < -0.3 is 19.8 Å². The van der Waals surface area contributed by atoms with Crippen LogP contribution in [0.2, 0.25) is 0 Å². The summed E-state index contributed by atoms with van der Waals surface area (Å²) in [5.74, 6) is -0.800. The number of ether oxygens (including phenoxy) is 1. The molecule has 0 aliphatic carbocycles. The maximum absolute atomic E-state index is 10.3. The Kier molecular flexibility index (Phi) is 7.16. The van der Waals surface area contributed by atoms with Crippen LogP contribution in [0, 0.1) is 0 Å². The lowest BCUT2D eigenvalue weighted by Gasteiger charge is -2.31. The lowest BCUT2D eigenvalue weighted by Crippen LogP contribution is -2.37. The van der Waals surface area contributed by atoms with Gasteiger partial charge in [-0.1, -0.05) is 0 Å². The van der Waals surface area contributed by atoms with Gasteiger partial charge in [-0.05, 0) is 32.2 Å². The van der Waals surface area contributed by atoms with Gasteiger partial charge in [-0.2, -0.15) is 0 Å². The van der Waals surface area contributed by atoms with Crippen LogP contribution in [0.5, 0.6) is 0 Å². The van der Waals surface area contributed by atoms with E-state index >= 15 is 0 Å². The van der Waals surface area contributed by atoms with Crippen molar-refractivity contribution < 1.29 is 19.7 Å². The Balaban J connectivity index is 2.03. The van der Waals surface area contributed by atoms with Crippen molar-refractivity contribution in [2.75, 3.05) is 32.8 Å². The van der Waals surface area contributed by atoms with E-state index in [2.05, 4.69) is 4.90 Å². The first kappa shape index (κ1) is 14.4. The van der Waals surface area contributed by atoms with Gasteiger partial charge in [0.15, 0.2) is 0 Å². The van der Waals surface area contributed by atoms with Gasteiger partial charge in [0.25, 0.3) is 0 Å². The normalized spacial score (nSPS) is 18.4. The zero-order valence-corrected chi connectivity index (χ0v) is 10.3. The summed E-state index contributed by atoms with van der Waals surface area (Å²) in [4.78, 5) is 12.7.